The number of ether oxygens (including phenoxy) is 1. The molecule has 0 saturated carbocycles. The molecule has 0 aliphatic heterocycles. The Morgan fingerprint density at radius 1 is 1.38 bits per heavy atom. The van der Waals surface area contributed by atoms with Gasteiger partial charge in [0.1, 0.15) is 6.10 Å². The first-order chi connectivity index (χ1) is 10.0. The number of aromatic nitrogens is 1. The number of esters is 1. The molecular weight excluding hydrogens is 292 g/mol. The number of benzene rings is 1. The van der Waals surface area contributed by atoms with Crippen molar-refractivity contribution >= 4 is 22.4 Å². The fourth-order valence-electron chi connectivity index (χ4n) is 1.81. The van der Waals surface area contributed by atoms with Crippen molar-refractivity contribution in [2.75, 3.05) is 12.3 Å². The van der Waals surface area contributed by atoms with Gasteiger partial charge in [0.25, 0.3) is 0 Å². The molecule has 0 radical (unpaired) electrons. The molecule has 2 atom stereocenters. The lowest BCUT2D eigenvalue weighted by atomic mass is 10.0. The Hall–Kier alpha value is -1.96. The number of nitrogens with zero attached hydrogens (tertiary/aromatic N) is 1. The van der Waals surface area contributed by atoms with Crippen molar-refractivity contribution in [2.45, 2.75) is 19.1 Å². The monoisotopic (exact) mass is 308 g/mol. The summed E-state index contributed by atoms with van der Waals surface area (Å²) >= 11 is 1.34. The van der Waals surface area contributed by atoms with Crippen LogP contribution in [0, 0.1) is 0 Å². The van der Waals surface area contributed by atoms with Gasteiger partial charge in [-0.25, -0.2) is 9.78 Å². The molecule has 1 aromatic heterocycles. The zero-order valence-corrected chi connectivity index (χ0v) is 12.2. The molecule has 0 aliphatic rings. The number of anilines is 1. The second-order valence-corrected chi connectivity index (χ2v) is 5.22. The molecule has 0 saturated heterocycles. The van der Waals surface area contributed by atoms with Crippen LogP contribution in [0.15, 0.2) is 29.6 Å². The predicted octanol–water partition coefficient (Wildman–Crippen LogP) is 1.35. The Balaban J connectivity index is 2.13. The van der Waals surface area contributed by atoms with E-state index in [2.05, 4.69) is 9.72 Å². The van der Waals surface area contributed by atoms with Crippen LogP contribution in [0.4, 0.5) is 5.13 Å². The minimum absolute atomic E-state index is 0.146. The SMILES string of the molecule is CCOC(=O)C(O)C(O)c1ccc(-c2csc(N)n2)cc1. The number of nitrogen functional groups attached to an aromatic ring is 1. The summed E-state index contributed by atoms with van der Waals surface area (Å²) < 4.78 is 4.67. The fourth-order valence-corrected chi connectivity index (χ4v) is 2.38. The predicted molar refractivity (Wildman–Crippen MR) is 79.6 cm³/mol. The molecule has 6 nitrogen and oxygen atoms in total. The second-order valence-electron chi connectivity index (χ2n) is 4.33. The third-order valence-corrected chi connectivity index (χ3v) is 3.57. The van der Waals surface area contributed by atoms with Crippen LogP contribution < -0.4 is 5.73 Å². The largest absolute Gasteiger partial charge is 0.464 e. The van der Waals surface area contributed by atoms with Crippen molar-refractivity contribution in [3.8, 4) is 11.3 Å². The molecule has 1 aromatic carbocycles. The van der Waals surface area contributed by atoms with Crippen LogP contribution >= 0.6 is 11.3 Å². The topological polar surface area (TPSA) is 106 Å². The Morgan fingerprint density at radius 3 is 2.57 bits per heavy atom. The summed E-state index contributed by atoms with van der Waals surface area (Å²) in [5, 5.41) is 22.0. The molecule has 2 unspecified atom stereocenters. The number of carbonyl (C=O) groups excluding carboxylic acids is 1. The van der Waals surface area contributed by atoms with E-state index >= 15 is 0 Å². The summed E-state index contributed by atoms with van der Waals surface area (Å²) in [6, 6.07) is 6.73. The Kier molecular flexibility index (Phi) is 4.89. The highest BCUT2D eigenvalue weighted by Crippen LogP contribution is 2.25. The minimum Gasteiger partial charge on any atom is -0.464 e. The van der Waals surface area contributed by atoms with Crippen LogP contribution in [0.3, 0.4) is 0 Å². The van der Waals surface area contributed by atoms with Gasteiger partial charge >= 0.3 is 5.97 Å². The Bertz CT molecular complexity index is 612. The summed E-state index contributed by atoms with van der Waals surface area (Å²) in [5.41, 5.74) is 7.58. The number of rotatable bonds is 5. The number of hydrogen-bond donors (Lipinski definition) is 3. The molecule has 0 amide bonds. The quantitative estimate of drug-likeness (QED) is 0.720. The van der Waals surface area contributed by atoms with Crippen LogP contribution in [0.25, 0.3) is 11.3 Å². The molecule has 0 bridgehead atoms. The lowest BCUT2D eigenvalue weighted by Crippen LogP contribution is -2.29. The molecule has 2 rings (SSSR count). The van der Waals surface area contributed by atoms with Crippen molar-refractivity contribution in [1.29, 1.82) is 0 Å². The van der Waals surface area contributed by atoms with Crippen molar-refractivity contribution in [1.82, 2.24) is 4.98 Å². The van der Waals surface area contributed by atoms with Gasteiger partial charge in [0.2, 0.25) is 0 Å². The van der Waals surface area contributed by atoms with Gasteiger partial charge in [0.15, 0.2) is 11.2 Å². The van der Waals surface area contributed by atoms with E-state index in [-0.39, 0.29) is 6.61 Å². The summed E-state index contributed by atoms with van der Waals surface area (Å²) in [7, 11) is 0. The number of thiazole rings is 1. The lowest BCUT2D eigenvalue weighted by molar-refractivity contribution is -0.159. The van der Waals surface area contributed by atoms with E-state index in [1.807, 2.05) is 5.38 Å². The minimum atomic E-state index is -1.61. The second kappa shape index (κ2) is 6.66. The van der Waals surface area contributed by atoms with Crippen LogP contribution in [-0.4, -0.2) is 33.9 Å². The third-order valence-electron chi connectivity index (χ3n) is 2.90. The van der Waals surface area contributed by atoms with Crippen molar-refractivity contribution < 1.29 is 19.7 Å². The van der Waals surface area contributed by atoms with Gasteiger partial charge in [-0.1, -0.05) is 24.3 Å². The van der Waals surface area contributed by atoms with E-state index in [1.165, 1.54) is 11.3 Å². The van der Waals surface area contributed by atoms with Crippen molar-refractivity contribution in [3.63, 3.8) is 0 Å². The van der Waals surface area contributed by atoms with E-state index in [4.69, 9.17) is 5.73 Å². The fraction of sp³-hybridized carbons (Fsp3) is 0.286. The maximum Gasteiger partial charge on any atom is 0.338 e. The Morgan fingerprint density at radius 2 is 2.05 bits per heavy atom. The molecular formula is C14H16N2O4S. The zero-order chi connectivity index (χ0) is 15.4. The first-order valence-corrected chi connectivity index (χ1v) is 7.25. The highest BCUT2D eigenvalue weighted by atomic mass is 32.1. The van der Waals surface area contributed by atoms with Gasteiger partial charge in [-0.2, -0.15) is 0 Å². The van der Waals surface area contributed by atoms with E-state index in [0.29, 0.717) is 10.7 Å². The number of aliphatic hydroxyl groups excluding tert-OH is 2. The van der Waals surface area contributed by atoms with Gasteiger partial charge in [-0.3, -0.25) is 0 Å². The van der Waals surface area contributed by atoms with Gasteiger partial charge in [0, 0.05) is 10.9 Å². The molecule has 2 aromatic rings. The number of nitrogens with two attached hydrogens (primary N) is 1. The van der Waals surface area contributed by atoms with Gasteiger partial charge in [0.05, 0.1) is 12.3 Å². The van der Waals surface area contributed by atoms with Crippen molar-refractivity contribution in [2.24, 2.45) is 0 Å². The van der Waals surface area contributed by atoms with Crippen LogP contribution in [0.1, 0.15) is 18.6 Å². The normalized spacial score (nSPS) is 13.7. The van der Waals surface area contributed by atoms with E-state index in [0.717, 1.165) is 11.3 Å². The number of carbonyl (C=O) groups is 1. The van der Waals surface area contributed by atoms with Crippen LogP contribution in [0.2, 0.25) is 0 Å². The molecule has 112 valence electrons. The van der Waals surface area contributed by atoms with E-state index in [9.17, 15) is 15.0 Å². The van der Waals surface area contributed by atoms with E-state index in [1.54, 1.807) is 31.2 Å². The average Bonchev–Trinajstić information content (AvgIpc) is 2.92. The zero-order valence-electron chi connectivity index (χ0n) is 11.4. The summed E-state index contributed by atoms with van der Waals surface area (Å²) in [6.07, 6.45) is -2.94. The number of aliphatic hydroxyl groups is 2. The molecule has 7 heteroatoms. The first-order valence-electron chi connectivity index (χ1n) is 6.37. The smallest absolute Gasteiger partial charge is 0.338 e. The molecule has 0 fully saturated rings. The highest BCUT2D eigenvalue weighted by molar-refractivity contribution is 7.13. The number of hydrogen-bond acceptors (Lipinski definition) is 7. The van der Waals surface area contributed by atoms with Gasteiger partial charge < -0.3 is 20.7 Å². The summed E-state index contributed by atoms with van der Waals surface area (Å²) in [6.45, 7) is 1.78. The van der Waals surface area contributed by atoms with Crippen molar-refractivity contribution in [3.05, 3.63) is 35.2 Å². The lowest BCUT2D eigenvalue weighted by Gasteiger charge is -2.16. The molecule has 0 spiro atoms. The summed E-state index contributed by atoms with van der Waals surface area (Å²) in [5.74, 6) is -0.846. The highest BCUT2D eigenvalue weighted by Gasteiger charge is 2.26. The van der Waals surface area contributed by atoms with Crippen LogP contribution in [0.5, 0.6) is 0 Å². The summed E-state index contributed by atoms with van der Waals surface area (Å²) in [4.78, 5) is 15.5. The van der Waals surface area contributed by atoms with Gasteiger partial charge in [-0.05, 0) is 12.5 Å². The molecule has 4 N–H and O–H groups in total. The standard InChI is InChI=1S/C14H16N2O4S/c1-2-20-13(19)12(18)11(17)9-5-3-8(4-6-9)10-7-21-14(15)16-10/h3-7,11-12,17-18H,2H2,1H3,(H2,15,16). The molecule has 1 heterocycles. The van der Waals surface area contributed by atoms with Crippen LogP contribution in [-0.2, 0) is 9.53 Å². The maximum atomic E-state index is 11.4. The maximum absolute atomic E-state index is 11.4. The van der Waals surface area contributed by atoms with Gasteiger partial charge in [-0.15, -0.1) is 11.3 Å². The molecule has 0 aliphatic carbocycles. The third kappa shape index (κ3) is 3.57. The molecule has 21 heavy (non-hydrogen) atoms. The first kappa shape index (κ1) is 15.4. The average molecular weight is 308 g/mol. The van der Waals surface area contributed by atoms with E-state index < -0.39 is 18.2 Å². The Labute approximate surface area is 125 Å².